The van der Waals surface area contributed by atoms with Gasteiger partial charge in [-0.1, -0.05) is 35.9 Å². The van der Waals surface area contributed by atoms with Gasteiger partial charge in [0.15, 0.2) is 6.61 Å². The average molecular weight is 389 g/mol. The molecule has 2 bridgehead atoms. The fourth-order valence-corrected chi connectivity index (χ4v) is 4.37. The molecule has 4 atom stereocenters. The molecule has 0 spiro atoms. The summed E-state index contributed by atoms with van der Waals surface area (Å²) < 4.78 is 4.91. The summed E-state index contributed by atoms with van der Waals surface area (Å²) in [4.78, 5) is 49.9. The van der Waals surface area contributed by atoms with Gasteiger partial charge in [-0.15, -0.1) is 0 Å². The zero-order chi connectivity index (χ0) is 19.1. The zero-order valence-corrected chi connectivity index (χ0v) is 15.0. The first-order valence-electron chi connectivity index (χ1n) is 8.69. The summed E-state index contributed by atoms with van der Waals surface area (Å²) in [5.41, 5.74) is 0.404. The standard InChI is InChI=1S/C19H17ClN2O5/c20-12-3-1-2-4-13(12)21-14(23)9-27-15(24)8-22-18(25)16-10-5-6-11(7-10)17(16)19(22)26/h1-6,10-11,16-17H,7-9H2,(H,21,23)/t10-,11-,16-,17-/m0/s1. The van der Waals surface area contributed by atoms with Crippen molar-refractivity contribution in [3.63, 3.8) is 0 Å². The van der Waals surface area contributed by atoms with Crippen LogP contribution in [0.25, 0.3) is 0 Å². The van der Waals surface area contributed by atoms with Crippen molar-refractivity contribution in [1.29, 1.82) is 0 Å². The number of rotatable bonds is 5. The molecule has 1 N–H and O–H groups in total. The molecule has 2 fully saturated rings. The number of esters is 1. The molecule has 0 unspecified atom stereocenters. The van der Waals surface area contributed by atoms with Gasteiger partial charge < -0.3 is 10.1 Å². The fraction of sp³-hybridized carbons (Fsp3) is 0.368. The third-order valence-corrected chi connectivity index (χ3v) is 5.69. The number of nitrogens with zero attached hydrogens (tertiary/aromatic N) is 1. The summed E-state index contributed by atoms with van der Waals surface area (Å²) in [6.45, 7) is -0.997. The zero-order valence-electron chi connectivity index (χ0n) is 14.3. The molecule has 0 radical (unpaired) electrons. The van der Waals surface area contributed by atoms with Crippen molar-refractivity contribution < 1.29 is 23.9 Å². The van der Waals surface area contributed by atoms with Gasteiger partial charge in [0.2, 0.25) is 11.8 Å². The molecule has 3 aliphatic rings. The van der Waals surface area contributed by atoms with Gasteiger partial charge in [-0.05, 0) is 30.4 Å². The number of carbonyl (C=O) groups excluding carboxylic acids is 4. The first kappa shape index (κ1) is 17.7. The highest BCUT2D eigenvalue weighted by Gasteiger charge is 2.59. The predicted molar refractivity (Wildman–Crippen MR) is 95.5 cm³/mol. The van der Waals surface area contributed by atoms with Crippen LogP contribution in [0.15, 0.2) is 36.4 Å². The van der Waals surface area contributed by atoms with E-state index >= 15 is 0 Å². The minimum Gasteiger partial charge on any atom is -0.454 e. The minimum absolute atomic E-state index is 0.0823. The number of carbonyl (C=O) groups is 4. The summed E-state index contributed by atoms with van der Waals surface area (Å²) in [5.74, 6) is -2.55. The first-order chi connectivity index (χ1) is 13.0. The van der Waals surface area contributed by atoms with Crippen LogP contribution >= 0.6 is 11.6 Å². The lowest BCUT2D eigenvalue weighted by Gasteiger charge is -2.16. The van der Waals surface area contributed by atoms with Gasteiger partial charge in [-0.2, -0.15) is 0 Å². The number of benzene rings is 1. The van der Waals surface area contributed by atoms with Gasteiger partial charge in [-0.3, -0.25) is 24.1 Å². The Kier molecular flexibility index (Phi) is 4.47. The van der Waals surface area contributed by atoms with Crippen molar-refractivity contribution in [3.8, 4) is 0 Å². The van der Waals surface area contributed by atoms with E-state index in [1.807, 2.05) is 12.2 Å². The van der Waals surface area contributed by atoms with Crippen LogP contribution in [0.1, 0.15) is 6.42 Å². The van der Waals surface area contributed by atoms with E-state index in [-0.39, 0.29) is 35.5 Å². The Labute approximate surface area is 160 Å². The number of allylic oxidation sites excluding steroid dienone is 2. The van der Waals surface area contributed by atoms with Gasteiger partial charge in [0, 0.05) is 0 Å². The Hall–Kier alpha value is -2.67. The molecule has 1 heterocycles. The molecule has 27 heavy (non-hydrogen) atoms. The number of amides is 3. The van der Waals surface area contributed by atoms with Crippen LogP contribution in [-0.4, -0.2) is 41.7 Å². The third kappa shape index (κ3) is 3.12. The largest absolute Gasteiger partial charge is 0.454 e. The minimum atomic E-state index is -0.800. The van der Waals surface area contributed by atoms with E-state index in [0.717, 1.165) is 11.3 Å². The Morgan fingerprint density at radius 2 is 1.74 bits per heavy atom. The second-order valence-electron chi connectivity index (χ2n) is 6.95. The number of hydrogen-bond acceptors (Lipinski definition) is 5. The summed E-state index contributed by atoms with van der Waals surface area (Å²) in [7, 11) is 0. The van der Waals surface area contributed by atoms with Crippen molar-refractivity contribution in [3.05, 3.63) is 41.4 Å². The number of para-hydroxylation sites is 1. The molecule has 140 valence electrons. The van der Waals surface area contributed by atoms with E-state index in [1.54, 1.807) is 24.3 Å². The lowest BCUT2D eigenvalue weighted by molar-refractivity contribution is -0.154. The Balaban J connectivity index is 1.30. The number of halogens is 1. The van der Waals surface area contributed by atoms with E-state index < -0.39 is 25.0 Å². The maximum absolute atomic E-state index is 12.5. The summed E-state index contributed by atoms with van der Waals surface area (Å²) in [5, 5.41) is 2.89. The van der Waals surface area contributed by atoms with Gasteiger partial charge in [0.05, 0.1) is 22.5 Å². The van der Waals surface area contributed by atoms with Gasteiger partial charge in [0.25, 0.3) is 5.91 Å². The highest BCUT2D eigenvalue weighted by atomic mass is 35.5. The van der Waals surface area contributed by atoms with Crippen LogP contribution in [0.3, 0.4) is 0 Å². The molecule has 1 aliphatic heterocycles. The van der Waals surface area contributed by atoms with Crippen LogP contribution in [0.5, 0.6) is 0 Å². The van der Waals surface area contributed by atoms with Crippen molar-refractivity contribution in [1.82, 2.24) is 4.90 Å². The normalized spacial score (nSPS) is 27.8. The van der Waals surface area contributed by atoms with E-state index in [0.29, 0.717) is 10.7 Å². The van der Waals surface area contributed by atoms with Crippen molar-refractivity contribution in [2.24, 2.45) is 23.7 Å². The topological polar surface area (TPSA) is 92.8 Å². The molecule has 3 amide bonds. The maximum Gasteiger partial charge on any atom is 0.326 e. The molecule has 8 heteroatoms. The van der Waals surface area contributed by atoms with Gasteiger partial charge >= 0.3 is 5.97 Å². The van der Waals surface area contributed by atoms with Crippen LogP contribution in [0.4, 0.5) is 5.69 Å². The van der Waals surface area contributed by atoms with Crippen molar-refractivity contribution in [2.45, 2.75) is 6.42 Å². The number of fused-ring (bicyclic) bond motifs is 5. The Bertz CT molecular complexity index is 837. The molecule has 4 rings (SSSR count). The van der Waals surface area contributed by atoms with Crippen LogP contribution in [-0.2, 0) is 23.9 Å². The quantitative estimate of drug-likeness (QED) is 0.470. The van der Waals surface area contributed by atoms with Crippen molar-refractivity contribution in [2.75, 3.05) is 18.5 Å². The molecule has 1 aromatic carbocycles. The summed E-state index contributed by atoms with van der Waals surface area (Å²) in [6, 6.07) is 6.66. The summed E-state index contributed by atoms with van der Waals surface area (Å²) >= 11 is 5.94. The number of nitrogens with one attached hydrogen (secondary N) is 1. The fourth-order valence-electron chi connectivity index (χ4n) is 4.19. The number of anilines is 1. The van der Waals surface area contributed by atoms with E-state index in [9.17, 15) is 19.2 Å². The predicted octanol–water partition coefficient (Wildman–Crippen LogP) is 1.63. The van der Waals surface area contributed by atoms with E-state index in [1.165, 1.54) is 0 Å². The molecule has 1 saturated heterocycles. The lowest BCUT2D eigenvalue weighted by atomic mass is 9.85. The Morgan fingerprint density at radius 3 is 2.37 bits per heavy atom. The molecular weight excluding hydrogens is 372 g/mol. The van der Waals surface area contributed by atoms with Crippen LogP contribution < -0.4 is 5.32 Å². The van der Waals surface area contributed by atoms with Crippen LogP contribution in [0, 0.1) is 23.7 Å². The van der Waals surface area contributed by atoms with Crippen LogP contribution in [0.2, 0.25) is 5.02 Å². The van der Waals surface area contributed by atoms with E-state index in [4.69, 9.17) is 16.3 Å². The van der Waals surface area contributed by atoms with Gasteiger partial charge in [0.1, 0.15) is 6.54 Å². The average Bonchev–Trinajstić information content (AvgIpc) is 3.32. The third-order valence-electron chi connectivity index (χ3n) is 5.36. The lowest BCUT2D eigenvalue weighted by Crippen LogP contribution is -2.38. The second-order valence-corrected chi connectivity index (χ2v) is 7.36. The summed E-state index contributed by atoms with van der Waals surface area (Å²) in [6.07, 6.45) is 4.79. The number of likely N-dealkylation sites (tertiary alicyclic amines) is 1. The number of hydrogen-bond donors (Lipinski definition) is 1. The smallest absolute Gasteiger partial charge is 0.326 e. The monoisotopic (exact) mass is 388 g/mol. The molecule has 7 nitrogen and oxygen atoms in total. The van der Waals surface area contributed by atoms with Crippen molar-refractivity contribution >= 4 is 41.0 Å². The molecule has 1 saturated carbocycles. The Morgan fingerprint density at radius 1 is 1.11 bits per heavy atom. The second kappa shape index (κ2) is 6.81. The molecule has 0 aromatic heterocycles. The molecular formula is C19H17ClN2O5. The SMILES string of the molecule is O=C(COC(=O)CN1C(=O)[C@@H]2[C@@H](C1=O)[C@H]1C=C[C@H]2C1)Nc1ccccc1Cl. The van der Waals surface area contributed by atoms with E-state index in [2.05, 4.69) is 5.32 Å². The number of ether oxygens (including phenoxy) is 1. The molecule has 2 aliphatic carbocycles. The first-order valence-corrected chi connectivity index (χ1v) is 9.07. The molecule has 1 aromatic rings. The van der Waals surface area contributed by atoms with Gasteiger partial charge in [-0.25, -0.2) is 0 Å². The highest BCUT2D eigenvalue weighted by molar-refractivity contribution is 6.33. The maximum atomic E-state index is 12.5. The highest BCUT2D eigenvalue weighted by Crippen LogP contribution is 2.52. The number of imide groups is 1.